The monoisotopic (exact) mass is 284 g/mol. The van der Waals surface area contributed by atoms with E-state index in [0.717, 1.165) is 38.5 Å². The molecule has 4 nitrogen and oxygen atoms in total. The molecule has 0 aromatic carbocycles. The van der Waals surface area contributed by atoms with Crippen LogP contribution in [0.2, 0.25) is 0 Å². The van der Waals surface area contributed by atoms with E-state index in [-0.39, 0.29) is 5.97 Å². The first-order chi connectivity index (χ1) is 9.57. The molecule has 20 heavy (non-hydrogen) atoms. The highest BCUT2D eigenvalue weighted by Gasteiger charge is 2.33. The molecule has 118 valence electrons. The molecule has 0 amide bonds. The first kappa shape index (κ1) is 17.4. The predicted octanol–water partition coefficient (Wildman–Crippen LogP) is 2.57. The number of nitrogens with one attached hydrogen (secondary N) is 1. The molecule has 0 aliphatic heterocycles. The normalized spacial score (nSPS) is 19.2. The standard InChI is InChI=1S/C16H32N2O2/c1-5-17-16(3,15(19)20-4)12-9-13-18(6-2)14-10-7-8-11-14/h14,17H,5-13H2,1-4H3. The lowest BCUT2D eigenvalue weighted by Crippen LogP contribution is -2.50. The maximum Gasteiger partial charge on any atom is 0.325 e. The summed E-state index contributed by atoms with van der Waals surface area (Å²) in [5.74, 6) is -0.150. The van der Waals surface area contributed by atoms with Crippen molar-refractivity contribution in [3.05, 3.63) is 0 Å². The lowest BCUT2D eigenvalue weighted by molar-refractivity contribution is -0.148. The van der Waals surface area contributed by atoms with Gasteiger partial charge in [0.05, 0.1) is 7.11 Å². The minimum Gasteiger partial charge on any atom is -0.468 e. The summed E-state index contributed by atoms with van der Waals surface area (Å²) in [6, 6.07) is 0.767. The number of methoxy groups -OCH3 is 1. The highest BCUT2D eigenvalue weighted by Crippen LogP contribution is 2.24. The molecule has 0 radical (unpaired) electrons. The minimum atomic E-state index is -0.543. The van der Waals surface area contributed by atoms with Crippen LogP contribution in [0.3, 0.4) is 0 Å². The van der Waals surface area contributed by atoms with Crippen molar-refractivity contribution in [3.8, 4) is 0 Å². The third kappa shape index (κ3) is 4.74. The Hall–Kier alpha value is -0.610. The van der Waals surface area contributed by atoms with Gasteiger partial charge in [-0.1, -0.05) is 26.7 Å². The van der Waals surface area contributed by atoms with E-state index >= 15 is 0 Å². The zero-order valence-electron chi connectivity index (χ0n) is 13.7. The van der Waals surface area contributed by atoms with Crippen LogP contribution in [0.15, 0.2) is 0 Å². The van der Waals surface area contributed by atoms with Gasteiger partial charge in [0.1, 0.15) is 5.54 Å². The van der Waals surface area contributed by atoms with Crippen molar-refractivity contribution in [1.29, 1.82) is 0 Å². The smallest absolute Gasteiger partial charge is 0.325 e. The first-order valence-electron chi connectivity index (χ1n) is 8.14. The number of ether oxygens (including phenoxy) is 1. The van der Waals surface area contributed by atoms with Crippen molar-refractivity contribution < 1.29 is 9.53 Å². The van der Waals surface area contributed by atoms with Gasteiger partial charge < -0.3 is 15.0 Å². The molecule has 1 aliphatic rings. The second-order valence-corrected chi connectivity index (χ2v) is 6.02. The van der Waals surface area contributed by atoms with Gasteiger partial charge >= 0.3 is 5.97 Å². The van der Waals surface area contributed by atoms with Crippen LogP contribution >= 0.6 is 0 Å². The van der Waals surface area contributed by atoms with Gasteiger partial charge in [-0.05, 0) is 52.2 Å². The van der Waals surface area contributed by atoms with Crippen molar-refractivity contribution in [2.24, 2.45) is 0 Å². The molecule has 4 heteroatoms. The Bertz CT molecular complexity index is 290. The summed E-state index contributed by atoms with van der Waals surface area (Å²) in [6.07, 6.45) is 7.29. The molecule has 0 aromatic rings. The summed E-state index contributed by atoms with van der Waals surface area (Å²) in [6.45, 7) is 9.19. The molecular weight excluding hydrogens is 252 g/mol. The minimum absolute atomic E-state index is 0.150. The predicted molar refractivity (Wildman–Crippen MR) is 82.8 cm³/mol. The van der Waals surface area contributed by atoms with Crippen molar-refractivity contribution >= 4 is 5.97 Å². The Balaban J connectivity index is 2.44. The van der Waals surface area contributed by atoms with E-state index in [1.54, 1.807) is 0 Å². The Labute approximate surface area is 124 Å². The Morgan fingerprint density at radius 1 is 1.35 bits per heavy atom. The second kappa shape index (κ2) is 8.63. The average molecular weight is 284 g/mol. The van der Waals surface area contributed by atoms with Crippen LogP contribution in [0.4, 0.5) is 0 Å². The van der Waals surface area contributed by atoms with E-state index in [2.05, 4.69) is 17.1 Å². The number of esters is 1. The van der Waals surface area contributed by atoms with Crippen molar-refractivity contribution in [2.75, 3.05) is 26.7 Å². The van der Waals surface area contributed by atoms with Gasteiger partial charge in [0.2, 0.25) is 0 Å². The van der Waals surface area contributed by atoms with Crippen LogP contribution in [-0.4, -0.2) is 49.2 Å². The van der Waals surface area contributed by atoms with Gasteiger partial charge in [-0.15, -0.1) is 0 Å². The van der Waals surface area contributed by atoms with Crippen molar-refractivity contribution in [1.82, 2.24) is 10.2 Å². The van der Waals surface area contributed by atoms with Crippen LogP contribution in [0.25, 0.3) is 0 Å². The molecule has 1 unspecified atom stereocenters. The van der Waals surface area contributed by atoms with E-state index < -0.39 is 5.54 Å². The molecule has 1 saturated carbocycles. The molecule has 1 atom stereocenters. The Morgan fingerprint density at radius 3 is 2.50 bits per heavy atom. The molecule has 0 spiro atoms. The lowest BCUT2D eigenvalue weighted by atomic mass is 9.95. The maximum absolute atomic E-state index is 11.9. The summed E-state index contributed by atoms with van der Waals surface area (Å²) < 4.78 is 4.94. The topological polar surface area (TPSA) is 41.6 Å². The molecule has 0 saturated heterocycles. The van der Waals surface area contributed by atoms with E-state index in [1.165, 1.54) is 32.8 Å². The molecular formula is C16H32N2O2. The molecule has 1 fully saturated rings. The van der Waals surface area contributed by atoms with Gasteiger partial charge in [0.15, 0.2) is 0 Å². The van der Waals surface area contributed by atoms with E-state index in [9.17, 15) is 4.79 Å². The zero-order valence-corrected chi connectivity index (χ0v) is 13.7. The summed E-state index contributed by atoms with van der Waals surface area (Å²) in [7, 11) is 1.47. The fourth-order valence-corrected chi connectivity index (χ4v) is 3.38. The largest absolute Gasteiger partial charge is 0.468 e. The van der Waals surface area contributed by atoms with E-state index in [0.29, 0.717) is 0 Å². The quantitative estimate of drug-likeness (QED) is 0.661. The van der Waals surface area contributed by atoms with Crippen LogP contribution in [0.5, 0.6) is 0 Å². The molecule has 1 rings (SSSR count). The molecule has 1 aliphatic carbocycles. The molecule has 0 bridgehead atoms. The van der Waals surface area contributed by atoms with Crippen molar-refractivity contribution in [3.63, 3.8) is 0 Å². The van der Waals surface area contributed by atoms with Crippen LogP contribution in [-0.2, 0) is 9.53 Å². The number of likely N-dealkylation sites (N-methyl/N-ethyl adjacent to an activating group) is 1. The summed E-state index contributed by atoms with van der Waals surface area (Å²) in [5, 5.41) is 3.28. The van der Waals surface area contributed by atoms with Crippen LogP contribution < -0.4 is 5.32 Å². The average Bonchev–Trinajstić information content (AvgIpc) is 2.97. The number of carbonyl (C=O) groups excluding carboxylic acids is 1. The summed E-state index contributed by atoms with van der Waals surface area (Å²) in [4.78, 5) is 14.5. The van der Waals surface area contributed by atoms with E-state index in [4.69, 9.17) is 4.74 Å². The number of hydrogen-bond acceptors (Lipinski definition) is 4. The molecule has 0 heterocycles. The van der Waals surface area contributed by atoms with E-state index in [1.807, 2.05) is 13.8 Å². The molecule has 1 N–H and O–H groups in total. The summed E-state index contributed by atoms with van der Waals surface area (Å²) in [5.41, 5.74) is -0.543. The van der Waals surface area contributed by atoms with Gasteiger partial charge in [-0.2, -0.15) is 0 Å². The van der Waals surface area contributed by atoms with Gasteiger partial charge in [-0.3, -0.25) is 4.79 Å². The number of carbonyl (C=O) groups is 1. The number of hydrogen-bond donors (Lipinski definition) is 1. The third-order valence-corrected chi connectivity index (χ3v) is 4.57. The third-order valence-electron chi connectivity index (χ3n) is 4.57. The van der Waals surface area contributed by atoms with Gasteiger partial charge in [0.25, 0.3) is 0 Å². The SMILES string of the molecule is CCNC(C)(CCCN(CC)C1CCCC1)C(=O)OC. The number of nitrogens with zero attached hydrogens (tertiary/aromatic N) is 1. The number of rotatable bonds is 9. The van der Waals surface area contributed by atoms with Gasteiger partial charge in [0, 0.05) is 6.04 Å². The van der Waals surface area contributed by atoms with Crippen molar-refractivity contribution in [2.45, 2.75) is 70.9 Å². The van der Waals surface area contributed by atoms with Crippen LogP contribution in [0.1, 0.15) is 59.3 Å². The maximum atomic E-state index is 11.9. The summed E-state index contributed by atoms with van der Waals surface area (Å²) >= 11 is 0. The van der Waals surface area contributed by atoms with Crippen LogP contribution in [0, 0.1) is 0 Å². The fraction of sp³-hybridized carbons (Fsp3) is 0.938. The highest BCUT2D eigenvalue weighted by molar-refractivity contribution is 5.80. The van der Waals surface area contributed by atoms with Gasteiger partial charge in [-0.25, -0.2) is 0 Å². The Morgan fingerprint density at radius 2 is 2.00 bits per heavy atom. The highest BCUT2D eigenvalue weighted by atomic mass is 16.5. The zero-order chi connectivity index (χ0) is 15.0. The lowest BCUT2D eigenvalue weighted by Gasteiger charge is -2.31. The Kier molecular flexibility index (Phi) is 7.52. The first-order valence-corrected chi connectivity index (χ1v) is 8.14. The molecule has 0 aromatic heterocycles. The fourth-order valence-electron chi connectivity index (χ4n) is 3.38. The second-order valence-electron chi connectivity index (χ2n) is 6.02.